The Labute approximate surface area is 140 Å². The molecule has 126 valence electrons. The second kappa shape index (κ2) is 7.40. The van der Waals surface area contributed by atoms with E-state index in [9.17, 15) is 14.7 Å². The van der Waals surface area contributed by atoms with Crippen molar-refractivity contribution in [3.8, 4) is 0 Å². The topological polar surface area (TPSA) is 91.3 Å². The summed E-state index contributed by atoms with van der Waals surface area (Å²) in [5.41, 5.74) is 1.15. The van der Waals surface area contributed by atoms with Gasteiger partial charge in [-0.3, -0.25) is 14.6 Å². The molecule has 3 rings (SSSR count). The number of aromatic nitrogens is 1. The van der Waals surface area contributed by atoms with E-state index >= 15 is 0 Å². The molecular formula is C18H21N3O3. The fourth-order valence-corrected chi connectivity index (χ4v) is 3.10. The molecule has 2 amide bonds. The number of hydrogen-bond acceptors (Lipinski definition) is 4. The molecule has 0 spiro atoms. The molecule has 2 aromatic rings. The third-order valence-electron chi connectivity index (χ3n) is 4.40. The number of hydrogen-bond donors (Lipinski definition) is 3. The number of aliphatic hydroxyl groups excluding tert-OH is 1. The number of carbonyl (C=O) groups excluding carboxylic acids is 2. The van der Waals surface area contributed by atoms with Crippen molar-refractivity contribution in [1.82, 2.24) is 15.6 Å². The molecule has 1 saturated carbocycles. The molecule has 1 unspecified atom stereocenters. The molecule has 0 saturated heterocycles. The van der Waals surface area contributed by atoms with E-state index in [2.05, 4.69) is 15.6 Å². The molecule has 0 radical (unpaired) electrons. The van der Waals surface area contributed by atoms with Crippen molar-refractivity contribution in [1.29, 1.82) is 0 Å². The lowest BCUT2D eigenvalue weighted by Gasteiger charge is -2.19. The Hall–Kier alpha value is -2.47. The van der Waals surface area contributed by atoms with Gasteiger partial charge in [0.2, 0.25) is 5.91 Å². The number of aliphatic hydroxyl groups is 1. The molecule has 1 heterocycles. The summed E-state index contributed by atoms with van der Waals surface area (Å²) in [6, 6.07) is 8.11. The lowest BCUT2D eigenvalue weighted by Crippen LogP contribution is -2.51. The summed E-state index contributed by atoms with van der Waals surface area (Å²) in [6.07, 6.45) is 5.66. The first-order chi connectivity index (χ1) is 11.7. The van der Waals surface area contributed by atoms with E-state index in [-0.39, 0.29) is 11.9 Å². The summed E-state index contributed by atoms with van der Waals surface area (Å²) < 4.78 is 0. The van der Waals surface area contributed by atoms with E-state index in [0.29, 0.717) is 16.5 Å². The van der Waals surface area contributed by atoms with Crippen molar-refractivity contribution < 1.29 is 14.7 Å². The van der Waals surface area contributed by atoms with Gasteiger partial charge < -0.3 is 15.7 Å². The fraction of sp³-hybridized carbons (Fsp3) is 0.389. The highest BCUT2D eigenvalue weighted by Crippen LogP contribution is 2.18. The van der Waals surface area contributed by atoms with E-state index in [1.54, 1.807) is 12.3 Å². The van der Waals surface area contributed by atoms with Crippen molar-refractivity contribution in [2.45, 2.75) is 37.8 Å². The molecular weight excluding hydrogens is 306 g/mol. The number of pyridine rings is 1. The predicted octanol–water partition coefficient (Wildman–Crippen LogP) is 1.38. The van der Waals surface area contributed by atoms with Gasteiger partial charge in [-0.05, 0) is 25.0 Å². The Morgan fingerprint density at radius 2 is 1.96 bits per heavy atom. The molecule has 1 aliphatic carbocycles. The number of para-hydroxylation sites is 1. The average molecular weight is 327 g/mol. The Morgan fingerprint density at radius 1 is 1.21 bits per heavy atom. The van der Waals surface area contributed by atoms with Crippen LogP contribution in [-0.4, -0.2) is 40.6 Å². The van der Waals surface area contributed by atoms with Gasteiger partial charge in [-0.15, -0.1) is 0 Å². The Bertz CT molecular complexity index is 736. The van der Waals surface area contributed by atoms with Gasteiger partial charge in [0.15, 0.2) is 0 Å². The summed E-state index contributed by atoms with van der Waals surface area (Å²) in [5, 5.41) is 15.7. The predicted molar refractivity (Wildman–Crippen MR) is 90.5 cm³/mol. The van der Waals surface area contributed by atoms with Crippen LogP contribution in [0.25, 0.3) is 10.9 Å². The van der Waals surface area contributed by atoms with Crippen molar-refractivity contribution >= 4 is 22.7 Å². The van der Waals surface area contributed by atoms with Gasteiger partial charge >= 0.3 is 0 Å². The van der Waals surface area contributed by atoms with Crippen LogP contribution in [0.2, 0.25) is 0 Å². The van der Waals surface area contributed by atoms with Gasteiger partial charge in [0, 0.05) is 17.6 Å². The first-order valence-corrected chi connectivity index (χ1v) is 8.25. The van der Waals surface area contributed by atoms with E-state index in [0.717, 1.165) is 25.7 Å². The molecule has 1 fully saturated rings. The molecule has 3 N–H and O–H groups in total. The summed E-state index contributed by atoms with van der Waals surface area (Å²) in [6.45, 7) is -0.437. The molecule has 6 nitrogen and oxygen atoms in total. The molecule has 1 aliphatic rings. The second-order valence-corrected chi connectivity index (χ2v) is 6.07. The van der Waals surface area contributed by atoms with Gasteiger partial charge in [0.25, 0.3) is 5.91 Å². The SMILES string of the molecule is O=C(NC(CO)C(=O)NC1CCCC1)c1ccnc2ccccc12. The van der Waals surface area contributed by atoms with Gasteiger partial charge in [0.05, 0.1) is 17.7 Å². The minimum absolute atomic E-state index is 0.144. The molecule has 1 aromatic carbocycles. The Kier molecular flexibility index (Phi) is 5.05. The first-order valence-electron chi connectivity index (χ1n) is 8.25. The number of amides is 2. The number of nitrogens with one attached hydrogen (secondary N) is 2. The van der Waals surface area contributed by atoms with E-state index < -0.39 is 18.6 Å². The lowest BCUT2D eigenvalue weighted by molar-refractivity contribution is -0.124. The van der Waals surface area contributed by atoms with Crippen LogP contribution in [-0.2, 0) is 4.79 Å². The average Bonchev–Trinajstić information content (AvgIpc) is 3.11. The van der Waals surface area contributed by atoms with E-state index in [4.69, 9.17) is 0 Å². The van der Waals surface area contributed by atoms with Crippen LogP contribution in [0.15, 0.2) is 36.5 Å². The van der Waals surface area contributed by atoms with Crippen LogP contribution in [0.3, 0.4) is 0 Å². The number of benzene rings is 1. The van der Waals surface area contributed by atoms with Crippen LogP contribution < -0.4 is 10.6 Å². The number of carbonyl (C=O) groups is 2. The van der Waals surface area contributed by atoms with Crippen molar-refractivity contribution in [3.05, 3.63) is 42.1 Å². The Balaban J connectivity index is 1.72. The zero-order valence-electron chi connectivity index (χ0n) is 13.4. The van der Waals surface area contributed by atoms with E-state index in [1.165, 1.54) is 0 Å². The zero-order valence-corrected chi connectivity index (χ0v) is 13.4. The smallest absolute Gasteiger partial charge is 0.252 e. The summed E-state index contributed by atoms with van der Waals surface area (Å²) in [7, 11) is 0. The highest BCUT2D eigenvalue weighted by atomic mass is 16.3. The number of nitrogens with zero attached hydrogens (tertiary/aromatic N) is 1. The van der Waals surface area contributed by atoms with E-state index in [1.807, 2.05) is 24.3 Å². The third kappa shape index (κ3) is 3.54. The highest BCUT2D eigenvalue weighted by molar-refractivity contribution is 6.07. The lowest BCUT2D eigenvalue weighted by atomic mass is 10.1. The van der Waals surface area contributed by atoms with Gasteiger partial charge in [0.1, 0.15) is 6.04 Å². The normalized spacial score (nSPS) is 16.0. The molecule has 0 aliphatic heterocycles. The van der Waals surface area contributed by atoms with Gasteiger partial charge in [-0.25, -0.2) is 0 Å². The van der Waals surface area contributed by atoms with Gasteiger partial charge in [-0.2, -0.15) is 0 Å². The maximum absolute atomic E-state index is 12.5. The second-order valence-electron chi connectivity index (χ2n) is 6.07. The minimum Gasteiger partial charge on any atom is -0.394 e. The summed E-state index contributed by atoms with van der Waals surface area (Å²) in [4.78, 5) is 29.0. The third-order valence-corrected chi connectivity index (χ3v) is 4.40. The van der Waals surface area contributed by atoms with Crippen molar-refractivity contribution in [3.63, 3.8) is 0 Å². The molecule has 1 atom stereocenters. The van der Waals surface area contributed by atoms with Crippen LogP contribution in [0.5, 0.6) is 0 Å². The van der Waals surface area contributed by atoms with Crippen molar-refractivity contribution in [2.75, 3.05) is 6.61 Å². The van der Waals surface area contributed by atoms with Crippen LogP contribution in [0.1, 0.15) is 36.0 Å². The van der Waals surface area contributed by atoms with Crippen LogP contribution >= 0.6 is 0 Å². The molecule has 24 heavy (non-hydrogen) atoms. The van der Waals surface area contributed by atoms with Crippen LogP contribution in [0.4, 0.5) is 0 Å². The quantitative estimate of drug-likeness (QED) is 0.774. The standard InChI is InChI=1S/C18H21N3O3/c22-11-16(18(24)20-12-5-1-2-6-12)21-17(23)14-9-10-19-15-8-4-3-7-13(14)15/h3-4,7-10,12,16,22H,1-2,5-6,11H2,(H,20,24)(H,21,23). The molecule has 1 aromatic heterocycles. The maximum Gasteiger partial charge on any atom is 0.252 e. The zero-order chi connectivity index (χ0) is 16.9. The monoisotopic (exact) mass is 327 g/mol. The number of rotatable bonds is 5. The molecule has 0 bridgehead atoms. The number of fused-ring (bicyclic) bond motifs is 1. The van der Waals surface area contributed by atoms with Gasteiger partial charge in [-0.1, -0.05) is 31.0 Å². The molecule has 6 heteroatoms. The first kappa shape index (κ1) is 16.4. The summed E-state index contributed by atoms with van der Waals surface area (Å²) >= 11 is 0. The largest absolute Gasteiger partial charge is 0.394 e. The minimum atomic E-state index is -0.954. The van der Waals surface area contributed by atoms with Crippen LogP contribution in [0, 0.1) is 0 Å². The maximum atomic E-state index is 12.5. The highest BCUT2D eigenvalue weighted by Gasteiger charge is 2.25. The van der Waals surface area contributed by atoms with Crippen molar-refractivity contribution in [2.24, 2.45) is 0 Å². The fourth-order valence-electron chi connectivity index (χ4n) is 3.10. The summed E-state index contributed by atoms with van der Waals surface area (Å²) in [5.74, 6) is -0.731. The Morgan fingerprint density at radius 3 is 2.71 bits per heavy atom.